The van der Waals surface area contributed by atoms with E-state index < -0.39 is 24.3 Å². The predicted octanol–water partition coefficient (Wildman–Crippen LogP) is 1.46. The van der Waals surface area contributed by atoms with E-state index in [0.29, 0.717) is 12.6 Å². The Balaban J connectivity index is 1.43. The molecule has 4 heterocycles. The number of rotatable bonds is 3. The van der Waals surface area contributed by atoms with E-state index in [1.54, 1.807) is 0 Å². The number of fused-ring (bicyclic) bond motifs is 1. The van der Waals surface area contributed by atoms with Crippen LogP contribution in [-0.4, -0.2) is 58.5 Å². The van der Waals surface area contributed by atoms with Gasteiger partial charge in [-0.1, -0.05) is 0 Å². The highest BCUT2D eigenvalue weighted by molar-refractivity contribution is 5.16. The quantitative estimate of drug-likeness (QED) is 0.909. The number of hydrogen-bond donors (Lipinski definition) is 1. The van der Waals surface area contributed by atoms with Crippen LogP contribution in [0.4, 0.5) is 0 Å². The van der Waals surface area contributed by atoms with Crippen LogP contribution in [0.1, 0.15) is 38.3 Å². The van der Waals surface area contributed by atoms with Gasteiger partial charge in [0.25, 0.3) is 0 Å². The van der Waals surface area contributed by atoms with E-state index in [0.717, 1.165) is 19.4 Å². The van der Waals surface area contributed by atoms with Crippen LogP contribution in [0.3, 0.4) is 0 Å². The third kappa shape index (κ3) is 2.90. The van der Waals surface area contributed by atoms with Crippen molar-refractivity contribution in [2.75, 3.05) is 13.1 Å². The summed E-state index contributed by atoms with van der Waals surface area (Å²) in [6.07, 6.45) is 4.16. The van der Waals surface area contributed by atoms with Crippen molar-refractivity contribution >= 4 is 0 Å². The molecule has 5 atom stereocenters. The second kappa shape index (κ2) is 5.79. The normalized spacial score (nSPS) is 39.7. The molecule has 23 heavy (non-hydrogen) atoms. The SMILES string of the molecule is CC1(C)OC2OC(CN3CCCC3c3ccncc3)C(O)C2O1. The lowest BCUT2D eigenvalue weighted by Gasteiger charge is -2.29. The van der Waals surface area contributed by atoms with Crippen molar-refractivity contribution in [3.8, 4) is 0 Å². The smallest absolute Gasteiger partial charge is 0.190 e. The third-order valence-electron chi connectivity index (χ3n) is 4.98. The Kier molecular flexibility index (Phi) is 3.90. The van der Waals surface area contributed by atoms with Crippen molar-refractivity contribution < 1.29 is 19.3 Å². The Bertz CT molecular complexity index is 553. The Morgan fingerprint density at radius 2 is 2.09 bits per heavy atom. The number of hydrogen-bond acceptors (Lipinski definition) is 6. The lowest BCUT2D eigenvalue weighted by molar-refractivity contribution is -0.216. The molecule has 0 aromatic carbocycles. The molecule has 0 amide bonds. The predicted molar refractivity (Wildman–Crippen MR) is 82.5 cm³/mol. The van der Waals surface area contributed by atoms with Crippen molar-refractivity contribution in [1.82, 2.24) is 9.88 Å². The monoisotopic (exact) mass is 320 g/mol. The summed E-state index contributed by atoms with van der Waals surface area (Å²) in [5.74, 6) is -0.686. The van der Waals surface area contributed by atoms with Gasteiger partial charge < -0.3 is 19.3 Å². The molecular weight excluding hydrogens is 296 g/mol. The zero-order chi connectivity index (χ0) is 16.0. The number of aliphatic hydroxyl groups is 1. The van der Waals surface area contributed by atoms with Gasteiger partial charge >= 0.3 is 0 Å². The minimum Gasteiger partial charge on any atom is -0.387 e. The molecule has 6 heteroatoms. The van der Waals surface area contributed by atoms with Crippen LogP contribution in [0, 0.1) is 0 Å². The first kappa shape index (κ1) is 15.5. The van der Waals surface area contributed by atoms with Crippen LogP contribution >= 0.6 is 0 Å². The Morgan fingerprint density at radius 3 is 2.83 bits per heavy atom. The molecule has 1 N–H and O–H groups in total. The number of aliphatic hydroxyl groups excluding tert-OH is 1. The second-order valence-electron chi connectivity index (χ2n) is 7.07. The first-order chi connectivity index (χ1) is 11.0. The van der Waals surface area contributed by atoms with Crippen LogP contribution in [0.5, 0.6) is 0 Å². The molecule has 0 saturated carbocycles. The minimum atomic E-state index is -0.686. The summed E-state index contributed by atoms with van der Waals surface area (Å²) in [5.41, 5.74) is 1.28. The van der Waals surface area contributed by atoms with Gasteiger partial charge in [0, 0.05) is 25.0 Å². The van der Waals surface area contributed by atoms with Crippen LogP contribution < -0.4 is 0 Å². The summed E-state index contributed by atoms with van der Waals surface area (Å²) in [6, 6.07) is 4.50. The highest BCUT2D eigenvalue weighted by Gasteiger charge is 2.54. The Hall–Kier alpha value is -1.05. The molecule has 0 spiro atoms. The Morgan fingerprint density at radius 1 is 1.30 bits per heavy atom. The zero-order valence-electron chi connectivity index (χ0n) is 13.6. The van der Waals surface area contributed by atoms with E-state index in [1.807, 2.05) is 26.2 Å². The maximum atomic E-state index is 10.5. The van der Waals surface area contributed by atoms with Gasteiger partial charge in [0.15, 0.2) is 12.1 Å². The van der Waals surface area contributed by atoms with Gasteiger partial charge in [0.1, 0.15) is 18.3 Å². The lowest BCUT2D eigenvalue weighted by Crippen LogP contribution is -2.41. The van der Waals surface area contributed by atoms with Crippen LogP contribution in [0.15, 0.2) is 24.5 Å². The van der Waals surface area contributed by atoms with E-state index in [9.17, 15) is 5.11 Å². The molecule has 0 radical (unpaired) electrons. The summed E-state index contributed by atoms with van der Waals surface area (Å²) in [6.45, 7) is 5.39. The fraction of sp³-hybridized carbons (Fsp3) is 0.706. The van der Waals surface area contributed by atoms with Gasteiger partial charge in [-0.15, -0.1) is 0 Å². The van der Waals surface area contributed by atoms with Gasteiger partial charge in [-0.05, 0) is 50.9 Å². The highest BCUT2D eigenvalue weighted by atomic mass is 16.8. The molecule has 3 saturated heterocycles. The minimum absolute atomic E-state index is 0.275. The number of pyridine rings is 1. The molecular formula is C17H24N2O4. The van der Waals surface area contributed by atoms with E-state index >= 15 is 0 Å². The van der Waals surface area contributed by atoms with Crippen molar-refractivity contribution in [2.24, 2.45) is 0 Å². The topological polar surface area (TPSA) is 64.1 Å². The molecule has 3 aliphatic rings. The number of likely N-dealkylation sites (tertiary alicyclic amines) is 1. The van der Waals surface area contributed by atoms with Crippen molar-refractivity contribution in [1.29, 1.82) is 0 Å². The van der Waals surface area contributed by atoms with Crippen LogP contribution in [-0.2, 0) is 14.2 Å². The summed E-state index contributed by atoms with van der Waals surface area (Å²) in [5, 5.41) is 10.5. The molecule has 3 fully saturated rings. The molecule has 5 unspecified atom stereocenters. The number of nitrogens with zero attached hydrogens (tertiary/aromatic N) is 2. The molecule has 6 nitrogen and oxygen atoms in total. The van der Waals surface area contributed by atoms with Gasteiger partial charge in [-0.2, -0.15) is 0 Å². The van der Waals surface area contributed by atoms with Gasteiger partial charge in [0.05, 0.1) is 0 Å². The van der Waals surface area contributed by atoms with E-state index in [4.69, 9.17) is 14.2 Å². The highest BCUT2D eigenvalue weighted by Crippen LogP contribution is 2.39. The summed E-state index contributed by atoms with van der Waals surface area (Å²) < 4.78 is 17.4. The van der Waals surface area contributed by atoms with Crippen molar-refractivity contribution in [3.05, 3.63) is 30.1 Å². The average Bonchev–Trinajstić information content (AvgIpc) is 3.17. The average molecular weight is 320 g/mol. The van der Waals surface area contributed by atoms with Crippen LogP contribution in [0.25, 0.3) is 0 Å². The fourth-order valence-electron chi connectivity index (χ4n) is 3.95. The number of aromatic nitrogens is 1. The maximum Gasteiger partial charge on any atom is 0.190 e. The maximum absolute atomic E-state index is 10.5. The Labute approximate surface area is 136 Å². The molecule has 1 aromatic heterocycles. The molecule has 3 aliphatic heterocycles. The van der Waals surface area contributed by atoms with Crippen molar-refractivity contribution in [3.63, 3.8) is 0 Å². The summed E-state index contributed by atoms with van der Waals surface area (Å²) >= 11 is 0. The fourth-order valence-corrected chi connectivity index (χ4v) is 3.95. The largest absolute Gasteiger partial charge is 0.387 e. The number of ether oxygens (including phenoxy) is 3. The summed E-state index contributed by atoms with van der Waals surface area (Å²) in [7, 11) is 0. The molecule has 1 aromatic rings. The zero-order valence-corrected chi connectivity index (χ0v) is 13.6. The van der Waals surface area contributed by atoms with Crippen LogP contribution in [0.2, 0.25) is 0 Å². The lowest BCUT2D eigenvalue weighted by atomic mass is 10.1. The van der Waals surface area contributed by atoms with E-state index in [2.05, 4.69) is 22.0 Å². The van der Waals surface area contributed by atoms with E-state index in [1.165, 1.54) is 5.56 Å². The molecule has 0 aliphatic carbocycles. The summed E-state index contributed by atoms with van der Waals surface area (Å²) in [4.78, 5) is 6.48. The first-order valence-corrected chi connectivity index (χ1v) is 8.37. The van der Waals surface area contributed by atoms with Gasteiger partial charge in [-0.25, -0.2) is 0 Å². The third-order valence-corrected chi connectivity index (χ3v) is 4.98. The van der Waals surface area contributed by atoms with Crippen molar-refractivity contribution in [2.45, 2.75) is 63.1 Å². The van der Waals surface area contributed by atoms with Gasteiger partial charge in [-0.3, -0.25) is 9.88 Å². The van der Waals surface area contributed by atoms with Gasteiger partial charge in [0.2, 0.25) is 0 Å². The first-order valence-electron chi connectivity index (χ1n) is 8.37. The molecule has 126 valence electrons. The molecule has 0 bridgehead atoms. The standard InChI is InChI=1S/C17H24N2O4/c1-17(2)22-15-14(20)13(21-16(15)23-17)10-19-9-3-4-12(19)11-5-7-18-8-6-11/h5-8,12-16,20H,3-4,9-10H2,1-2H3. The van der Waals surface area contributed by atoms with E-state index in [-0.39, 0.29) is 6.10 Å². The molecule has 4 rings (SSSR count). The second-order valence-corrected chi connectivity index (χ2v) is 7.07.